The summed E-state index contributed by atoms with van der Waals surface area (Å²) in [7, 11) is 0. The second-order valence-corrected chi connectivity index (χ2v) is 3.65. The van der Waals surface area contributed by atoms with Crippen LogP contribution in [-0.4, -0.2) is 10.0 Å². The fourth-order valence-electron chi connectivity index (χ4n) is 1.45. The molecule has 0 radical (unpaired) electrons. The first-order valence-electron chi connectivity index (χ1n) is 5.25. The van der Waals surface area contributed by atoms with E-state index in [-0.39, 0.29) is 22.7 Å². The molecule has 0 atom stereocenters. The lowest BCUT2D eigenvalue weighted by atomic mass is 10.2. The Bertz CT molecular complexity index is 659. The molecule has 0 fully saturated rings. The molecule has 0 aliphatic rings. The van der Waals surface area contributed by atoms with Gasteiger partial charge in [-0.15, -0.1) is 0 Å². The van der Waals surface area contributed by atoms with Gasteiger partial charge in [-0.2, -0.15) is 5.26 Å². The Morgan fingerprint density at radius 1 is 1.21 bits per heavy atom. The maximum Gasteiger partial charge on any atom is 0.271 e. The van der Waals surface area contributed by atoms with Gasteiger partial charge in [0, 0.05) is 12.1 Å². The van der Waals surface area contributed by atoms with Crippen LogP contribution < -0.4 is 4.74 Å². The fraction of sp³-hybridized carbons (Fsp3) is 0. The van der Waals surface area contributed by atoms with E-state index in [1.165, 1.54) is 36.4 Å². The molecule has 19 heavy (non-hydrogen) atoms. The number of nitriles is 1. The molecule has 0 aromatic heterocycles. The second kappa shape index (κ2) is 5.06. The van der Waals surface area contributed by atoms with Gasteiger partial charge in [0.05, 0.1) is 4.92 Å². The summed E-state index contributed by atoms with van der Waals surface area (Å²) in [6, 6.07) is 11.5. The van der Waals surface area contributed by atoms with Gasteiger partial charge in [-0.3, -0.25) is 10.1 Å². The van der Waals surface area contributed by atoms with Gasteiger partial charge in [-0.1, -0.05) is 0 Å². The van der Waals surface area contributed by atoms with E-state index in [9.17, 15) is 10.1 Å². The molecule has 0 amide bonds. The first kappa shape index (κ1) is 12.4. The maximum absolute atomic E-state index is 10.6. The molecule has 2 aromatic carbocycles. The van der Waals surface area contributed by atoms with Crippen LogP contribution in [0.25, 0.3) is 0 Å². The number of non-ortho nitro benzene ring substituents is 1. The predicted molar refractivity (Wildman–Crippen MR) is 66.0 cm³/mol. The van der Waals surface area contributed by atoms with Gasteiger partial charge in [0.2, 0.25) is 0 Å². The predicted octanol–water partition coefficient (Wildman–Crippen LogP) is 2.96. The molecule has 0 saturated heterocycles. The minimum atomic E-state index is -0.578. The Hall–Kier alpha value is -3.07. The average molecular weight is 256 g/mol. The van der Waals surface area contributed by atoms with Gasteiger partial charge in [0.25, 0.3) is 5.69 Å². The standard InChI is InChI=1S/C13H8N2O4/c14-8-9-7-10(15(17)18)1-6-13(9)19-12-4-2-11(16)3-5-12/h1-7,16H. The number of ether oxygens (including phenoxy) is 1. The molecular weight excluding hydrogens is 248 g/mol. The van der Waals surface area contributed by atoms with Crippen molar-refractivity contribution < 1.29 is 14.8 Å². The molecule has 0 heterocycles. The molecule has 0 aliphatic heterocycles. The van der Waals surface area contributed by atoms with Gasteiger partial charge in [-0.25, -0.2) is 0 Å². The molecule has 0 saturated carbocycles. The minimum Gasteiger partial charge on any atom is -0.508 e. The van der Waals surface area contributed by atoms with Gasteiger partial charge in [-0.05, 0) is 30.3 Å². The number of aromatic hydroxyl groups is 1. The second-order valence-electron chi connectivity index (χ2n) is 3.65. The van der Waals surface area contributed by atoms with Crippen LogP contribution in [0.3, 0.4) is 0 Å². The number of nitrogens with zero attached hydrogens (tertiary/aromatic N) is 2. The average Bonchev–Trinajstić information content (AvgIpc) is 2.41. The highest BCUT2D eigenvalue weighted by molar-refractivity contribution is 5.51. The van der Waals surface area contributed by atoms with Crippen molar-refractivity contribution in [3.8, 4) is 23.3 Å². The molecular formula is C13H8N2O4. The Labute approximate surface area is 108 Å². The number of hydrogen-bond acceptors (Lipinski definition) is 5. The molecule has 0 bridgehead atoms. The topological polar surface area (TPSA) is 96.4 Å². The SMILES string of the molecule is N#Cc1cc([N+](=O)[O-])ccc1Oc1ccc(O)cc1. The third-order valence-electron chi connectivity index (χ3n) is 2.36. The van der Waals surface area contributed by atoms with Gasteiger partial charge >= 0.3 is 0 Å². The van der Waals surface area contributed by atoms with Crippen LogP contribution in [-0.2, 0) is 0 Å². The van der Waals surface area contributed by atoms with E-state index in [2.05, 4.69) is 0 Å². The number of nitro benzene ring substituents is 1. The quantitative estimate of drug-likeness (QED) is 0.672. The number of nitro groups is 1. The Morgan fingerprint density at radius 2 is 1.89 bits per heavy atom. The van der Waals surface area contributed by atoms with Gasteiger partial charge in [0.1, 0.15) is 28.9 Å². The summed E-state index contributed by atoms with van der Waals surface area (Å²) in [5.74, 6) is 0.735. The molecule has 1 N–H and O–H groups in total. The largest absolute Gasteiger partial charge is 0.508 e. The van der Waals surface area contributed by atoms with Crippen molar-refractivity contribution in [2.45, 2.75) is 0 Å². The molecule has 6 heteroatoms. The first-order chi connectivity index (χ1) is 9.10. The molecule has 94 valence electrons. The normalized spacial score (nSPS) is 9.63. The van der Waals surface area contributed by atoms with Crippen LogP contribution >= 0.6 is 0 Å². The lowest BCUT2D eigenvalue weighted by Crippen LogP contribution is -1.92. The minimum absolute atomic E-state index is 0.0716. The molecule has 0 unspecified atom stereocenters. The zero-order valence-corrected chi connectivity index (χ0v) is 9.61. The van der Waals surface area contributed by atoms with Crippen molar-refractivity contribution in [3.63, 3.8) is 0 Å². The third-order valence-corrected chi connectivity index (χ3v) is 2.36. The zero-order valence-electron chi connectivity index (χ0n) is 9.61. The third kappa shape index (κ3) is 2.79. The van der Waals surface area contributed by atoms with Crippen LogP contribution in [0, 0.1) is 21.4 Å². The smallest absolute Gasteiger partial charge is 0.271 e. The van der Waals surface area contributed by atoms with E-state index in [0.29, 0.717) is 5.75 Å². The Morgan fingerprint density at radius 3 is 2.47 bits per heavy atom. The lowest BCUT2D eigenvalue weighted by Gasteiger charge is -2.07. The van der Waals surface area contributed by atoms with Crippen molar-refractivity contribution in [2.24, 2.45) is 0 Å². The van der Waals surface area contributed by atoms with Crippen LogP contribution in [0.1, 0.15) is 5.56 Å². The van der Waals surface area contributed by atoms with Gasteiger partial charge < -0.3 is 9.84 Å². The summed E-state index contributed by atoms with van der Waals surface area (Å²) in [5, 5.41) is 28.7. The fourth-order valence-corrected chi connectivity index (χ4v) is 1.45. The highest BCUT2D eigenvalue weighted by atomic mass is 16.6. The molecule has 0 aliphatic carbocycles. The summed E-state index contributed by atoms with van der Waals surface area (Å²) < 4.78 is 5.43. The van der Waals surface area contributed by atoms with Crippen molar-refractivity contribution in [3.05, 3.63) is 58.1 Å². The van der Waals surface area contributed by atoms with E-state index < -0.39 is 4.92 Å². The summed E-state index contributed by atoms with van der Waals surface area (Å²) in [5.41, 5.74) is -0.100. The molecule has 2 aromatic rings. The monoisotopic (exact) mass is 256 g/mol. The van der Waals surface area contributed by atoms with E-state index in [1.807, 2.05) is 6.07 Å². The van der Waals surface area contributed by atoms with Crippen LogP contribution in [0.5, 0.6) is 17.2 Å². The van der Waals surface area contributed by atoms with Crippen molar-refractivity contribution in [1.82, 2.24) is 0 Å². The zero-order chi connectivity index (χ0) is 13.8. The number of phenols is 1. The summed E-state index contributed by atoms with van der Waals surface area (Å²) in [6.07, 6.45) is 0. The van der Waals surface area contributed by atoms with Crippen molar-refractivity contribution in [2.75, 3.05) is 0 Å². The number of phenolic OH excluding ortho intramolecular Hbond substituents is 1. The van der Waals surface area contributed by atoms with E-state index >= 15 is 0 Å². The van der Waals surface area contributed by atoms with Crippen molar-refractivity contribution >= 4 is 5.69 Å². The van der Waals surface area contributed by atoms with Crippen LogP contribution in [0.2, 0.25) is 0 Å². The highest BCUT2D eigenvalue weighted by Crippen LogP contribution is 2.28. The summed E-state index contributed by atoms with van der Waals surface area (Å²) in [6.45, 7) is 0. The summed E-state index contributed by atoms with van der Waals surface area (Å²) >= 11 is 0. The Balaban J connectivity index is 2.33. The van der Waals surface area contributed by atoms with E-state index in [0.717, 1.165) is 6.07 Å². The summed E-state index contributed by atoms with van der Waals surface area (Å²) in [4.78, 5) is 10.0. The molecule has 2 rings (SSSR count). The Kier molecular flexibility index (Phi) is 3.30. The lowest BCUT2D eigenvalue weighted by molar-refractivity contribution is -0.384. The molecule has 0 spiro atoms. The van der Waals surface area contributed by atoms with Crippen LogP contribution in [0.15, 0.2) is 42.5 Å². The van der Waals surface area contributed by atoms with Crippen molar-refractivity contribution in [1.29, 1.82) is 5.26 Å². The highest BCUT2D eigenvalue weighted by Gasteiger charge is 2.12. The van der Waals surface area contributed by atoms with E-state index in [1.54, 1.807) is 0 Å². The number of hydrogen-bond donors (Lipinski definition) is 1. The van der Waals surface area contributed by atoms with Crippen LogP contribution in [0.4, 0.5) is 5.69 Å². The maximum atomic E-state index is 10.6. The van der Waals surface area contributed by atoms with Gasteiger partial charge in [0.15, 0.2) is 0 Å². The van der Waals surface area contributed by atoms with E-state index in [4.69, 9.17) is 15.1 Å². The first-order valence-corrected chi connectivity index (χ1v) is 5.25. The molecule has 6 nitrogen and oxygen atoms in total. The number of benzene rings is 2. The number of rotatable bonds is 3.